The van der Waals surface area contributed by atoms with Crippen LogP contribution in [-0.2, 0) is 4.18 Å². The summed E-state index contributed by atoms with van der Waals surface area (Å²) in [6.45, 7) is 7.50. The molecule has 0 bridgehead atoms. The minimum absolute atomic E-state index is 0.0985. The van der Waals surface area contributed by atoms with Gasteiger partial charge in [-0.1, -0.05) is 61.7 Å². The van der Waals surface area contributed by atoms with Crippen LogP contribution in [0.3, 0.4) is 0 Å². The topological polar surface area (TPSA) is 9.23 Å². The highest BCUT2D eigenvalue weighted by Gasteiger charge is 2.14. The molecule has 98 valence electrons. The summed E-state index contributed by atoms with van der Waals surface area (Å²) in [5.41, 5.74) is 2.12. The molecular weight excluding hydrogens is 375 g/mol. The van der Waals surface area contributed by atoms with Crippen molar-refractivity contribution in [3.8, 4) is 0 Å². The molecule has 0 aromatic heterocycles. The Hall–Kier alpha value is -0.170. The standard InChI is InChI=1S/C13H13IOS.CH4S/c1-3-8-11(4-2)13(15-16-14)12-9-6-5-7-10-12;1-2/h3-10,13H,1-2H2;2H,1H3/b11-8+;. The molecule has 1 aromatic rings. The Labute approximate surface area is 132 Å². The Bertz CT molecular complexity index is 377. The highest BCUT2D eigenvalue weighted by atomic mass is 127. The van der Waals surface area contributed by atoms with Crippen molar-refractivity contribution in [3.63, 3.8) is 0 Å². The zero-order valence-electron chi connectivity index (χ0n) is 10.3. The lowest BCUT2D eigenvalue weighted by molar-refractivity contribution is 0.301. The molecule has 18 heavy (non-hydrogen) atoms. The van der Waals surface area contributed by atoms with Gasteiger partial charge in [-0.3, -0.25) is 4.18 Å². The molecule has 0 heterocycles. The lowest BCUT2D eigenvalue weighted by Crippen LogP contribution is -2.01. The van der Waals surface area contributed by atoms with Crippen LogP contribution in [0.2, 0.25) is 0 Å². The molecule has 0 aliphatic rings. The van der Waals surface area contributed by atoms with Gasteiger partial charge in [-0.2, -0.15) is 12.6 Å². The Morgan fingerprint density at radius 3 is 2.39 bits per heavy atom. The summed E-state index contributed by atoms with van der Waals surface area (Å²) in [5, 5.41) is 0. The maximum atomic E-state index is 5.65. The quantitative estimate of drug-likeness (QED) is 0.293. The van der Waals surface area contributed by atoms with Gasteiger partial charge in [0, 0.05) is 21.2 Å². The van der Waals surface area contributed by atoms with Crippen LogP contribution in [-0.4, -0.2) is 6.26 Å². The van der Waals surface area contributed by atoms with Crippen LogP contribution in [0.5, 0.6) is 0 Å². The molecule has 1 nitrogen and oxygen atoms in total. The van der Waals surface area contributed by atoms with Crippen LogP contribution < -0.4 is 0 Å². The van der Waals surface area contributed by atoms with Gasteiger partial charge in [0.2, 0.25) is 0 Å². The molecule has 0 spiro atoms. The fourth-order valence-corrected chi connectivity index (χ4v) is 2.28. The normalized spacial score (nSPS) is 12.1. The summed E-state index contributed by atoms with van der Waals surface area (Å²) >= 11 is 5.64. The van der Waals surface area contributed by atoms with E-state index in [0.29, 0.717) is 0 Å². The van der Waals surface area contributed by atoms with Crippen LogP contribution in [0.25, 0.3) is 0 Å². The van der Waals surface area contributed by atoms with Gasteiger partial charge in [-0.05, 0) is 17.4 Å². The first kappa shape index (κ1) is 17.8. The maximum Gasteiger partial charge on any atom is 0.123 e. The van der Waals surface area contributed by atoms with Crippen LogP contribution in [0, 0.1) is 0 Å². The van der Waals surface area contributed by atoms with Gasteiger partial charge < -0.3 is 0 Å². The minimum Gasteiger partial charge on any atom is -0.292 e. The van der Waals surface area contributed by atoms with E-state index in [-0.39, 0.29) is 6.10 Å². The highest BCUT2D eigenvalue weighted by Crippen LogP contribution is 2.32. The van der Waals surface area contributed by atoms with E-state index in [1.165, 1.54) is 9.21 Å². The molecule has 0 amide bonds. The Morgan fingerprint density at radius 1 is 1.33 bits per heavy atom. The van der Waals surface area contributed by atoms with Crippen LogP contribution in [0.4, 0.5) is 0 Å². The number of halogens is 1. The van der Waals surface area contributed by atoms with Gasteiger partial charge in [0.15, 0.2) is 0 Å². The zero-order valence-corrected chi connectivity index (χ0v) is 14.1. The molecule has 1 aromatic carbocycles. The number of hydrogen-bond acceptors (Lipinski definition) is 3. The number of rotatable bonds is 6. The van der Waals surface area contributed by atoms with Gasteiger partial charge in [0.1, 0.15) is 6.10 Å². The lowest BCUT2D eigenvalue weighted by atomic mass is 10.0. The first-order chi connectivity index (χ1) is 8.83. The van der Waals surface area contributed by atoms with E-state index in [4.69, 9.17) is 4.18 Å². The van der Waals surface area contributed by atoms with E-state index in [2.05, 4.69) is 47.0 Å². The van der Waals surface area contributed by atoms with E-state index >= 15 is 0 Å². The van der Waals surface area contributed by atoms with Crippen molar-refractivity contribution in [1.82, 2.24) is 0 Å². The maximum absolute atomic E-state index is 5.65. The third kappa shape index (κ3) is 6.13. The van der Waals surface area contributed by atoms with Crippen molar-refractivity contribution in [1.29, 1.82) is 0 Å². The fraction of sp³-hybridized carbons (Fsp3) is 0.143. The summed E-state index contributed by atoms with van der Waals surface area (Å²) in [6.07, 6.45) is 7.05. The van der Waals surface area contributed by atoms with Crippen molar-refractivity contribution in [2.45, 2.75) is 6.10 Å². The van der Waals surface area contributed by atoms with Gasteiger partial charge in [0.25, 0.3) is 0 Å². The molecule has 0 radical (unpaired) electrons. The van der Waals surface area contributed by atoms with Gasteiger partial charge >= 0.3 is 0 Å². The van der Waals surface area contributed by atoms with E-state index in [1.54, 1.807) is 18.4 Å². The summed E-state index contributed by atoms with van der Waals surface area (Å²) in [5.74, 6) is 0. The van der Waals surface area contributed by atoms with Gasteiger partial charge in [-0.25, -0.2) is 0 Å². The fourth-order valence-electron chi connectivity index (χ4n) is 1.37. The van der Waals surface area contributed by atoms with Crippen LogP contribution in [0.1, 0.15) is 11.7 Å². The third-order valence-corrected chi connectivity index (χ3v) is 2.97. The molecule has 0 saturated heterocycles. The number of thiol groups is 1. The Kier molecular flexibility index (Phi) is 11.8. The monoisotopic (exact) mass is 392 g/mol. The third-order valence-electron chi connectivity index (χ3n) is 2.08. The number of benzene rings is 1. The molecular formula is C14H17IOS2. The zero-order chi connectivity index (χ0) is 13.8. The largest absolute Gasteiger partial charge is 0.292 e. The Balaban J connectivity index is 0.00000137. The van der Waals surface area contributed by atoms with Crippen molar-refractivity contribution >= 4 is 43.0 Å². The molecule has 1 rings (SSSR count). The number of allylic oxidation sites excluding steroid dienone is 2. The molecule has 0 N–H and O–H groups in total. The molecule has 0 fully saturated rings. The second-order valence-corrected chi connectivity index (χ2v) is 4.45. The summed E-state index contributed by atoms with van der Waals surface area (Å²) in [4.78, 5) is 0. The molecule has 1 atom stereocenters. The Morgan fingerprint density at radius 2 is 1.94 bits per heavy atom. The minimum atomic E-state index is -0.0985. The van der Waals surface area contributed by atoms with E-state index < -0.39 is 0 Å². The smallest absolute Gasteiger partial charge is 0.123 e. The second kappa shape index (κ2) is 11.9. The summed E-state index contributed by atoms with van der Waals surface area (Å²) in [6, 6.07) is 10.1. The first-order valence-electron chi connectivity index (χ1n) is 5.22. The van der Waals surface area contributed by atoms with E-state index in [1.807, 2.05) is 36.4 Å². The van der Waals surface area contributed by atoms with E-state index in [0.717, 1.165) is 11.1 Å². The average molecular weight is 392 g/mol. The van der Waals surface area contributed by atoms with Gasteiger partial charge in [-0.15, -0.1) is 0 Å². The number of hydrogen-bond donors (Lipinski definition) is 1. The lowest BCUT2D eigenvalue weighted by Gasteiger charge is -2.16. The first-order valence-corrected chi connectivity index (χ1v) is 9.40. The van der Waals surface area contributed by atoms with Gasteiger partial charge in [0.05, 0.1) is 9.21 Å². The van der Waals surface area contributed by atoms with Crippen LogP contribution >= 0.6 is 43.0 Å². The molecule has 4 heteroatoms. The van der Waals surface area contributed by atoms with Crippen molar-refractivity contribution < 1.29 is 4.18 Å². The van der Waals surface area contributed by atoms with Crippen molar-refractivity contribution in [3.05, 3.63) is 72.9 Å². The second-order valence-electron chi connectivity index (χ2n) is 3.06. The SMILES string of the molecule is C=C/C=C(\C=C)C(OSI)c1ccccc1.CS. The predicted molar refractivity (Wildman–Crippen MR) is 95.3 cm³/mol. The van der Waals surface area contributed by atoms with Crippen molar-refractivity contribution in [2.75, 3.05) is 6.26 Å². The predicted octanol–water partition coefficient (Wildman–Crippen LogP) is 5.59. The summed E-state index contributed by atoms with van der Waals surface area (Å²) in [7, 11) is 1.32. The van der Waals surface area contributed by atoms with Crippen molar-refractivity contribution in [2.24, 2.45) is 0 Å². The molecule has 0 saturated carbocycles. The molecule has 1 unspecified atom stereocenters. The average Bonchev–Trinajstić information content (AvgIpc) is 2.46. The molecule has 0 aliphatic heterocycles. The van der Waals surface area contributed by atoms with Crippen LogP contribution in [0.15, 0.2) is 67.3 Å². The molecule has 0 aliphatic carbocycles. The highest BCUT2D eigenvalue weighted by molar-refractivity contribution is 14.2. The summed E-state index contributed by atoms with van der Waals surface area (Å²) < 4.78 is 5.65. The van der Waals surface area contributed by atoms with E-state index in [9.17, 15) is 0 Å².